The Labute approximate surface area is 176 Å². The maximum Gasteiger partial charge on any atom is 0.420 e. The molecule has 0 aromatic carbocycles. The molecular weight excluding hydrogens is 434 g/mol. The molecule has 32 heavy (non-hydrogen) atoms. The quantitative estimate of drug-likeness (QED) is 0.474. The molecule has 0 bridgehead atoms. The van der Waals surface area contributed by atoms with Crippen LogP contribution in [0, 0.1) is 5.95 Å². The Hall–Kier alpha value is -4.10. The summed E-state index contributed by atoms with van der Waals surface area (Å²) in [6.07, 6.45) is 0.169. The monoisotopic (exact) mass is 447 g/mol. The maximum absolute atomic E-state index is 13.6. The standard InChI is InChI=1S/C18H13F4N9O/c1-9-8-29(12-7-23-14-5-13(19)28-30(14)15(9)12)17(32)27-10-4-11(18(20,21)22)16(24-6-10)31-25-2-3-26-31/h2-7,9H,8H2,1H3,(H,27,32). The number of carbonyl (C=O) groups excluding carboxylic acids is 1. The van der Waals surface area contributed by atoms with Gasteiger partial charge in [0.15, 0.2) is 11.5 Å². The number of nitrogens with one attached hydrogen (secondary N) is 1. The zero-order valence-electron chi connectivity index (χ0n) is 16.2. The second-order valence-corrected chi connectivity index (χ2v) is 7.12. The summed E-state index contributed by atoms with van der Waals surface area (Å²) >= 11 is 0. The third-order valence-corrected chi connectivity index (χ3v) is 4.96. The number of anilines is 2. The first-order chi connectivity index (χ1) is 15.2. The molecule has 0 aliphatic carbocycles. The van der Waals surface area contributed by atoms with Gasteiger partial charge in [-0.15, -0.1) is 9.90 Å². The Morgan fingerprint density at radius 1 is 1.16 bits per heavy atom. The summed E-state index contributed by atoms with van der Waals surface area (Å²) in [6.45, 7) is 2.03. The van der Waals surface area contributed by atoms with Gasteiger partial charge in [-0.25, -0.2) is 19.3 Å². The fourth-order valence-corrected chi connectivity index (χ4v) is 3.64. The van der Waals surface area contributed by atoms with Crippen molar-refractivity contribution in [3.8, 4) is 5.82 Å². The van der Waals surface area contributed by atoms with E-state index >= 15 is 0 Å². The number of nitrogens with zero attached hydrogens (tertiary/aromatic N) is 8. The number of carbonyl (C=O) groups is 1. The zero-order valence-corrected chi connectivity index (χ0v) is 16.2. The topological polar surface area (TPSA) is 106 Å². The van der Waals surface area contributed by atoms with Crippen LogP contribution in [0.2, 0.25) is 0 Å². The smallest absolute Gasteiger partial charge is 0.306 e. The minimum absolute atomic E-state index is 0.168. The highest BCUT2D eigenvalue weighted by molar-refractivity contribution is 6.03. The van der Waals surface area contributed by atoms with E-state index in [2.05, 4.69) is 30.6 Å². The van der Waals surface area contributed by atoms with Gasteiger partial charge in [0.05, 0.1) is 41.9 Å². The number of rotatable bonds is 2. The average molecular weight is 447 g/mol. The molecule has 0 radical (unpaired) electrons. The molecule has 1 N–H and O–H groups in total. The van der Waals surface area contributed by atoms with Gasteiger partial charge < -0.3 is 5.32 Å². The number of urea groups is 1. The third-order valence-electron chi connectivity index (χ3n) is 4.96. The summed E-state index contributed by atoms with van der Waals surface area (Å²) in [5.74, 6) is -1.44. The molecule has 14 heteroatoms. The van der Waals surface area contributed by atoms with Crippen molar-refractivity contribution in [3.05, 3.63) is 54.1 Å². The lowest BCUT2D eigenvalue weighted by atomic mass is 10.1. The molecule has 4 aromatic rings. The summed E-state index contributed by atoms with van der Waals surface area (Å²) in [4.78, 5) is 22.8. The molecule has 0 saturated heterocycles. The summed E-state index contributed by atoms with van der Waals surface area (Å²) < 4.78 is 55.6. The van der Waals surface area contributed by atoms with E-state index < -0.39 is 29.5 Å². The van der Waals surface area contributed by atoms with Gasteiger partial charge in [0.2, 0.25) is 5.95 Å². The number of hydrogen-bond acceptors (Lipinski definition) is 6. The molecule has 5 rings (SSSR count). The van der Waals surface area contributed by atoms with Crippen molar-refractivity contribution < 1.29 is 22.4 Å². The van der Waals surface area contributed by atoms with E-state index in [1.807, 2.05) is 6.92 Å². The lowest BCUT2D eigenvalue weighted by Crippen LogP contribution is -2.34. The molecule has 1 unspecified atom stereocenters. The summed E-state index contributed by atoms with van der Waals surface area (Å²) in [5, 5.41) is 13.6. The number of pyridine rings is 1. The summed E-state index contributed by atoms with van der Waals surface area (Å²) in [7, 11) is 0. The molecule has 164 valence electrons. The molecule has 0 spiro atoms. The van der Waals surface area contributed by atoms with Crippen molar-refractivity contribution in [1.82, 2.24) is 34.6 Å². The highest BCUT2D eigenvalue weighted by atomic mass is 19.4. The molecule has 1 aliphatic rings. The molecule has 0 saturated carbocycles. The first kappa shape index (κ1) is 19.8. The lowest BCUT2D eigenvalue weighted by Gasteiger charge is -2.19. The predicted molar refractivity (Wildman–Crippen MR) is 102 cm³/mol. The fraction of sp³-hybridized carbons (Fsp3) is 0.222. The Morgan fingerprint density at radius 3 is 2.62 bits per heavy atom. The number of halogens is 4. The first-order valence-electron chi connectivity index (χ1n) is 9.29. The van der Waals surface area contributed by atoms with E-state index in [1.54, 1.807) is 0 Å². The Kier molecular flexibility index (Phi) is 4.32. The molecular formula is C18H13F4N9O. The average Bonchev–Trinajstić information content (AvgIpc) is 3.45. The van der Waals surface area contributed by atoms with Crippen LogP contribution in [0.15, 0.2) is 36.9 Å². The number of alkyl halides is 3. The highest BCUT2D eigenvalue weighted by Gasteiger charge is 2.37. The molecule has 1 atom stereocenters. The first-order valence-corrected chi connectivity index (χ1v) is 9.29. The molecule has 1 aliphatic heterocycles. The second kappa shape index (κ2) is 6.96. The number of aromatic nitrogens is 7. The van der Waals surface area contributed by atoms with Crippen molar-refractivity contribution >= 4 is 23.1 Å². The highest BCUT2D eigenvalue weighted by Crippen LogP contribution is 2.37. The molecule has 5 heterocycles. The van der Waals surface area contributed by atoms with Gasteiger partial charge in [0, 0.05) is 18.5 Å². The number of hydrogen-bond donors (Lipinski definition) is 1. The predicted octanol–water partition coefficient (Wildman–Crippen LogP) is 3.02. The van der Waals surface area contributed by atoms with Crippen molar-refractivity contribution in [1.29, 1.82) is 0 Å². The second-order valence-electron chi connectivity index (χ2n) is 7.12. The van der Waals surface area contributed by atoms with Crippen molar-refractivity contribution in [3.63, 3.8) is 0 Å². The van der Waals surface area contributed by atoms with Crippen LogP contribution in [0.3, 0.4) is 0 Å². The molecule has 10 nitrogen and oxygen atoms in total. The van der Waals surface area contributed by atoms with E-state index in [1.165, 1.54) is 28.0 Å². The van der Waals surface area contributed by atoms with Crippen LogP contribution in [0.25, 0.3) is 11.5 Å². The van der Waals surface area contributed by atoms with Gasteiger partial charge >= 0.3 is 12.2 Å². The van der Waals surface area contributed by atoms with E-state index in [0.717, 1.165) is 23.1 Å². The summed E-state index contributed by atoms with van der Waals surface area (Å²) in [6, 6.07) is 1.23. The van der Waals surface area contributed by atoms with Gasteiger partial charge in [-0.2, -0.15) is 27.8 Å². The van der Waals surface area contributed by atoms with E-state index in [4.69, 9.17) is 0 Å². The van der Waals surface area contributed by atoms with Crippen LogP contribution in [-0.4, -0.2) is 47.2 Å². The van der Waals surface area contributed by atoms with Crippen molar-refractivity contribution in [2.75, 3.05) is 16.8 Å². The van der Waals surface area contributed by atoms with Gasteiger partial charge in [-0.1, -0.05) is 6.92 Å². The van der Waals surface area contributed by atoms with Crippen LogP contribution in [0.4, 0.5) is 33.7 Å². The molecule has 2 amide bonds. The van der Waals surface area contributed by atoms with Crippen LogP contribution in [-0.2, 0) is 6.18 Å². The van der Waals surface area contributed by atoms with E-state index in [0.29, 0.717) is 11.4 Å². The zero-order chi connectivity index (χ0) is 22.6. The van der Waals surface area contributed by atoms with Crippen LogP contribution < -0.4 is 10.2 Å². The van der Waals surface area contributed by atoms with Crippen LogP contribution >= 0.6 is 0 Å². The number of amides is 2. The number of fused-ring (bicyclic) bond motifs is 3. The van der Waals surface area contributed by atoms with E-state index in [9.17, 15) is 22.4 Å². The largest absolute Gasteiger partial charge is 0.420 e. The summed E-state index contributed by atoms with van der Waals surface area (Å²) in [5.41, 5.74) is -0.0389. The maximum atomic E-state index is 13.6. The Bertz CT molecular complexity index is 1330. The molecule has 0 fully saturated rings. The van der Waals surface area contributed by atoms with Crippen molar-refractivity contribution in [2.24, 2.45) is 0 Å². The third kappa shape index (κ3) is 3.19. The fourth-order valence-electron chi connectivity index (χ4n) is 3.64. The minimum atomic E-state index is -4.76. The van der Waals surface area contributed by atoms with Gasteiger partial charge in [-0.05, 0) is 6.07 Å². The SMILES string of the molecule is CC1CN(C(=O)Nc2cnc(-n3nccn3)c(C(F)(F)F)c2)c2cnc3cc(F)nn3c21. The Morgan fingerprint density at radius 2 is 1.91 bits per heavy atom. The minimum Gasteiger partial charge on any atom is -0.306 e. The molecule has 4 aromatic heterocycles. The van der Waals surface area contributed by atoms with E-state index in [-0.39, 0.29) is 23.8 Å². The van der Waals surface area contributed by atoms with Crippen LogP contribution in [0.1, 0.15) is 24.1 Å². The van der Waals surface area contributed by atoms with Crippen molar-refractivity contribution in [2.45, 2.75) is 19.0 Å². The Balaban J connectivity index is 1.47. The van der Waals surface area contributed by atoms with Gasteiger partial charge in [0.25, 0.3) is 0 Å². The van der Waals surface area contributed by atoms with Gasteiger partial charge in [0.1, 0.15) is 5.56 Å². The lowest BCUT2D eigenvalue weighted by molar-refractivity contribution is -0.137. The van der Waals surface area contributed by atoms with Crippen LogP contribution in [0.5, 0.6) is 0 Å². The normalized spacial score (nSPS) is 15.9. The van der Waals surface area contributed by atoms with Gasteiger partial charge in [-0.3, -0.25) is 4.90 Å².